The van der Waals surface area contributed by atoms with Gasteiger partial charge in [0.25, 0.3) is 0 Å². The molecule has 0 aliphatic carbocycles. The Morgan fingerprint density at radius 3 is 2.53 bits per heavy atom. The van der Waals surface area contributed by atoms with Crippen molar-refractivity contribution < 1.29 is 18.7 Å². The standard InChI is InChI=1S/C24H28F2N4O2/c1-3-5-8-14-30-21(28-23(29-30)24(25,26)13-4-2)15-17-11-12-20(27-16-17)18-9-6-7-10-19(18)22(31)32/h6-7,9-12,16H,3-5,8,13-15H2,1-2H3,(H,31,32). The molecule has 0 atom stereocenters. The van der Waals surface area contributed by atoms with Gasteiger partial charge in [-0.3, -0.25) is 4.98 Å². The van der Waals surface area contributed by atoms with Gasteiger partial charge >= 0.3 is 11.9 Å². The largest absolute Gasteiger partial charge is 0.478 e. The van der Waals surface area contributed by atoms with Crippen LogP contribution in [0.2, 0.25) is 0 Å². The maximum atomic E-state index is 14.4. The highest BCUT2D eigenvalue weighted by atomic mass is 19.3. The van der Waals surface area contributed by atoms with Crippen LogP contribution in [0.1, 0.15) is 73.5 Å². The van der Waals surface area contributed by atoms with Crippen molar-refractivity contribution in [3.05, 3.63) is 65.4 Å². The lowest BCUT2D eigenvalue weighted by Crippen LogP contribution is -2.15. The minimum Gasteiger partial charge on any atom is -0.478 e. The third kappa shape index (κ3) is 5.55. The Morgan fingerprint density at radius 2 is 1.88 bits per heavy atom. The Kier molecular flexibility index (Phi) is 7.66. The Bertz CT molecular complexity index is 1050. The highest BCUT2D eigenvalue weighted by Gasteiger charge is 2.36. The fraction of sp³-hybridized carbons (Fsp3) is 0.417. The number of pyridine rings is 1. The molecule has 32 heavy (non-hydrogen) atoms. The van der Waals surface area contributed by atoms with E-state index in [0.29, 0.717) is 36.5 Å². The normalized spacial score (nSPS) is 11.6. The summed E-state index contributed by atoms with van der Waals surface area (Å²) in [7, 11) is 0. The first-order valence-corrected chi connectivity index (χ1v) is 10.9. The topological polar surface area (TPSA) is 80.9 Å². The minimum absolute atomic E-state index is 0.172. The maximum Gasteiger partial charge on any atom is 0.336 e. The molecule has 1 aromatic carbocycles. The zero-order valence-corrected chi connectivity index (χ0v) is 18.4. The molecule has 1 N–H and O–H groups in total. The number of unbranched alkanes of at least 4 members (excludes halogenated alkanes) is 2. The highest BCUT2D eigenvalue weighted by Crippen LogP contribution is 2.31. The van der Waals surface area contributed by atoms with Crippen LogP contribution in [0.15, 0.2) is 42.6 Å². The quantitative estimate of drug-likeness (QED) is 0.385. The molecule has 8 heteroatoms. The number of rotatable bonds is 11. The summed E-state index contributed by atoms with van der Waals surface area (Å²) in [5, 5.41) is 13.5. The Labute approximate surface area is 186 Å². The van der Waals surface area contributed by atoms with Gasteiger partial charge in [0.15, 0.2) is 0 Å². The molecule has 0 spiro atoms. The first-order chi connectivity index (χ1) is 15.4. The van der Waals surface area contributed by atoms with E-state index in [0.717, 1.165) is 24.8 Å². The van der Waals surface area contributed by atoms with Gasteiger partial charge in [0, 0.05) is 31.1 Å². The van der Waals surface area contributed by atoms with Gasteiger partial charge in [-0.05, 0) is 30.5 Å². The van der Waals surface area contributed by atoms with E-state index < -0.39 is 17.7 Å². The summed E-state index contributed by atoms with van der Waals surface area (Å²) in [6, 6.07) is 10.2. The van der Waals surface area contributed by atoms with Gasteiger partial charge < -0.3 is 5.11 Å². The molecule has 0 radical (unpaired) electrons. The lowest BCUT2D eigenvalue weighted by atomic mass is 10.0. The van der Waals surface area contributed by atoms with Gasteiger partial charge in [-0.2, -0.15) is 8.78 Å². The second-order valence-corrected chi connectivity index (χ2v) is 7.82. The number of alkyl halides is 2. The second kappa shape index (κ2) is 10.4. The van der Waals surface area contributed by atoms with E-state index in [1.807, 2.05) is 6.07 Å². The summed E-state index contributed by atoms with van der Waals surface area (Å²) in [5.41, 5.74) is 2.02. The number of halogens is 2. The number of aromatic carboxylic acids is 1. The zero-order chi connectivity index (χ0) is 23.1. The van der Waals surface area contributed by atoms with Crippen molar-refractivity contribution >= 4 is 5.97 Å². The van der Waals surface area contributed by atoms with Crippen LogP contribution in [0.5, 0.6) is 0 Å². The molecule has 3 aromatic rings. The van der Waals surface area contributed by atoms with E-state index in [9.17, 15) is 18.7 Å². The number of carboxylic acid groups (broad SMARTS) is 1. The Hall–Kier alpha value is -3.16. The minimum atomic E-state index is -3.05. The van der Waals surface area contributed by atoms with Crippen molar-refractivity contribution in [2.24, 2.45) is 0 Å². The third-order valence-electron chi connectivity index (χ3n) is 5.23. The number of aromatic nitrogens is 4. The SMILES string of the molecule is CCCCCn1nc(C(F)(F)CCC)nc1Cc1ccc(-c2ccccc2C(=O)O)nc1. The molecular formula is C24H28F2N4O2. The average Bonchev–Trinajstić information content (AvgIpc) is 3.18. The number of carboxylic acids is 1. The van der Waals surface area contributed by atoms with Crippen molar-refractivity contribution in [1.29, 1.82) is 0 Å². The van der Waals surface area contributed by atoms with Crippen molar-refractivity contribution in [3.8, 4) is 11.3 Å². The van der Waals surface area contributed by atoms with Gasteiger partial charge in [0.05, 0.1) is 11.3 Å². The molecule has 2 aromatic heterocycles. The molecule has 2 heterocycles. The Morgan fingerprint density at radius 1 is 1.09 bits per heavy atom. The first-order valence-electron chi connectivity index (χ1n) is 10.9. The molecule has 6 nitrogen and oxygen atoms in total. The molecule has 0 amide bonds. The molecule has 0 saturated heterocycles. The van der Waals surface area contributed by atoms with E-state index in [-0.39, 0.29) is 12.0 Å². The summed E-state index contributed by atoms with van der Waals surface area (Å²) < 4.78 is 30.4. The summed E-state index contributed by atoms with van der Waals surface area (Å²) in [6.45, 7) is 4.33. The van der Waals surface area contributed by atoms with Crippen LogP contribution in [0, 0.1) is 0 Å². The van der Waals surface area contributed by atoms with Crippen LogP contribution in [-0.2, 0) is 18.9 Å². The molecular weight excluding hydrogens is 414 g/mol. The van der Waals surface area contributed by atoms with Crippen LogP contribution in [0.25, 0.3) is 11.3 Å². The van der Waals surface area contributed by atoms with Crippen molar-refractivity contribution in [2.75, 3.05) is 0 Å². The lowest BCUT2D eigenvalue weighted by molar-refractivity contribution is -0.0232. The summed E-state index contributed by atoms with van der Waals surface area (Å²) in [6.07, 6.45) is 4.85. The van der Waals surface area contributed by atoms with Crippen molar-refractivity contribution in [3.63, 3.8) is 0 Å². The van der Waals surface area contributed by atoms with E-state index in [1.54, 1.807) is 42.1 Å². The van der Waals surface area contributed by atoms with Crippen molar-refractivity contribution in [2.45, 2.75) is 64.8 Å². The third-order valence-corrected chi connectivity index (χ3v) is 5.23. The summed E-state index contributed by atoms with van der Waals surface area (Å²) in [5.74, 6) is -4.02. The van der Waals surface area contributed by atoms with Gasteiger partial charge in [0.2, 0.25) is 5.82 Å². The van der Waals surface area contributed by atoms with Crippen molar-refractivity contribution in [1.82, 2.24) is 19.7 Å². The zero-order valence-electron chi connectivity index (χ0n) is 18.4. The lowest BCUT2D eigenvalue weighted by Gasteiger charge is -2.10. The van der Waals surface area contributed by atoms with Crippen LogP contribution < -0.4 is 0 Å². The molecule has 0 aliphatic heterocycles. The molecule has 0 aliphatic rings. The molecule has 0 bridgehead atoms. The Balaban J connectivity index is 1.86. The van der Waals surface area contributed by atoms with Crippen LogP contribution in [0.4, 0.5) is 8.78 Å². The highest BCUT2D eigenvalue weighted by molar-refractivity contribution is 5.95. The second-order valence-electron chi connectivity index (χ2n) is 7.82. The number of benzene rings is 1. The fourth-order valence-corrected chi connectivity index (χ4v) is 3.54. The molecule has 0 unspecified atom stereocenters. The average molecular weight is 443 g/mol. The molecule has 0 fully saturated rings. The molecule has 3 rings (SSSR count). The van der Waals surface area contributed by atoms with Gasteiger partial charge in [-0.1, -0.05) is 51.0 Å². The molecule has 0 saturated carbocycles. The van der Waals surface area contributed by atoms with Crippen LogP contribution in [-0.4, -0.2) is 30.8 Å². The van der Waals surface area contributed by atoms with E-state index in [2.05, 4.69) is 22.0 Å². The number of carbonyl (C=O) groups is 1. The number of hydrogen-bond donors (Lipinski definition) is 1. The van der Waals surface area contributed by atoms with Gasteiger partial charge in [-0.15, -0.1) is 5.10 Å². The summed E-state index contributed by atoms with van der Waals surface area (Å²) >= 11 is 0. The van der Waals surface area contributed by atoms with Gasteiger partial charge in [0.1, 0.15) is 5.82 Å². The van der Waals surface area contributed by atoms with Crippen LogP contribution in [0.3, 0.4) is 0 Å². The van der Waals surface area contributed by atoms with E-state index in [1.165, 1.54) is 6.07 Å². The smallest absolute Gasteiger partial charge is 0.336 e. The monoisotopic (exact) mass is 442 g/mol. The predicted molar refractivity (Wildman–Crippen MR) is 118 cm³/mol. The maximum absolute atomic E-state index is 14.4. The fourth-order valence-electron chi connectivity index (χ4n) is 3.54. The number of nitrogens with zero attached hydrogens (tertiary/aromatic N) is 4. The van der Waals surface area contributed by atoms with Crippen LogP contribution >= 0.6 is 0 Å². The van der Waals surface area contributed by atoms with Gasteiger partial charge in [-0.25, -0.2) is 14.5 Å². The van der Waals surface area contributed by atoms with E-state index in [4.69, 9.17) is 0 Å². The number of hydrogen-bond acceptors (Lipinski definition) is 4. The first kappa shape index (κ1) is 23.5. The number of aryl methyl sites for hydroxylation is 1. The predicted octanol–water partition coefficient (Wildman–Crippen LogP) is 5.71. The van der Waals surface area contributed by atoms with E-state index >= 15 is 0 Å². The summed E-state index contributed by atoms with van der Waals surface area (Å²) in [4.78, 5) is 20.1. The molecule has 170 valence electrons.